The van der Waals surface area contributed by atoms with Gasteiger partial charge in [0.25, 0.3) is 5.91 Å². The molecule has 0 radical (unpaired) electrons. The molecule has 1 saturated heterocycles. The number of carbonyl (C=O) groups excluding carboxylic acids is 1. The van der Waals surface area contributed by atoms with Crippen LogP contribution in [0.4, 0.5) is 0 Å². The quantitative estimate of drug-likeness (QED) is 0.355. The van der Waals surface area contributed by atoms with Gasteiger partial charge in [-0.3, -0.25) is 4.79 Å². The third-order valence-electron chi connectivity index (χ3n) is 6.75. The number of hydrogen-bond acceptors (Lipinski definition) is 5. The van der Waals surface area contributed by atoms with Crippen LogP contribution < -0.4 is 4.74 Å². The first-order valence-electron chi connectivity index (χ1n) is 12.7. The summed E-state index contributed by atoms with van der Waals surface area (Å²) in [7, 11) is 2.16. The maximum atomic E-state index is 13.0. The second kappa shape index (κ2) is 11.4. The van der Waals surface area contributed by atoms with Crippen molar-refractivity contribution >= 4 is 11.6 Å². The van der Waals surface area contributed by atoms with Gasteiger partial charge in [-0.25, -0.2) is 9.50 Å². The van der Waals surface area contributed by atoms with Crippen molar-refractivity contribution < 1.29 is 9.53 Å². The standard InChI is InChI=1S/C29H33N5O2/c1-32(18-14-23-7-3-2-4-8-23)20-24-10-12-26(13-11-24)36-22-25-9-5-16-33(21-25)29(35)27-19-28-30-15-6-17-34(28)31-27/h2-4,6-8,10-13,15,17,19,25H,5,9,14,16,18,20-22H2,1H3/t25-/m1/s1. The number of likely N-dealkylation sites (tertiary alicyclic amines) is 1. The minimum Gasteiger partial charge on any atom is -0.493 e. The molecule has 1 aliphatic rings. The molecule has 0 saturated carbocycles. The SMILES string of the molecule is CN(CCc1ccccc1)Cc1ccc(OC[C@@H]2CCCN(C(=O)c3cc4ncccn4n3)C2)cc1. The molecule has 1 aliphatic heterocycles. The smallest absolute Gasteiger partial charge is 0.274 e. The molecule has 1 atom stereocenters. The number of benzene rings is 2. The summed E-state index contributed by atoms with van der Waals surface area (Å²) in [6.07, 6.45) is 6.59. The van der Waals surface area contributed by atoms with Crippen LogP contribution in [-0.4, -0.2) is 63.6 Å². The molecule has 1 fully saturated rings. The summed E-state index contributed by atoms with van der Waals surface area (Å²) in [5, 5.41) is 4.39. The van der Waals surface area contributed by atoms with Gasteiger partial charge in [0, 0.05) is 50.6 Å². The van der Waals surface area contributed by atoms with E-state index >= 15 is 0 Å². The van der Waals surface area contributed by atoms with Crippen molar-refractivity contribution in [3.63, 3.8) is 0 Å². The molecule has 2 aromatic heterocycles. The van der Waals surface area contributed by atoms with Gasteiger partial charge in [-0.15, -0.1) is 0 Å². The van der Waals surface area contributed by atoms with Gasteiger partial charge in [0.2, 0.25) is 0 Å². The van der Waals surface area contributed by atoms with Crippen molar-refractivity contribution in [2.24, 2.45) is 5.92 Å². The molecule has 2 aromatic carbocycles. The summed E-state index contributed by atoms with van der Waals surface area (Å²) < 4.78 is 7.75. The van der Waals surface area contributed by atoms with Crippen LogP contribution in [0.5, 0.6) is 5.75 Å². The normalized spacial score (nSPS) is 15.9. The second-order valence-electron chi connectivity index (χ2n) is 9.64. The Hall–Kier alpha value is -3.71. The van der Waals surface area contributed by atoms with Crippen LogP contribution in [0.15, 0.2) is 79.1 Å². The molecule has 0 spiro atoms. The van der Waals surface area contributed by atoms with E-state index in [0.29, 0.717) is 30.4 Å². The molecular formula is C29H33N5O2. The Labute approximate surface area is 212 Å². The van der Waals surface area contributed by atoms with E-state index in [1.165, 1.54) is 11.1 Å². The van der Waals surface area contributed by atoms with Crippen molar-refractivity contribution in [2.45, 2.75) is 25.8 Å². The van der Waals surface area contributed by atoms with E-state index in [1.807, 2.05) is 4.90 Å². The maximum absolute atomic E-state index is 13.0. The Bertz CT molecular complexity index is 1240. The lowest BCUT2D eigenvalue weighted by atomic mass is 9.98. The third kappa shape index (κ3) is 6.10. The summed E-state index contributed by atoms with van der Waals surface area (Å²) >= 11 is 0. The van der Waals surface area contributed by atoms with Crippen LogP contribution in [0.2, 0.25) is 0 Å². The van der Waals surface area contributed by atoms with Gasteiger partial charge in [-0.2, -0.15) is 5.10 Å². The van der Waals surface area contributed by atoms with Crippen molar-refractivity contribution in [1.29, 1.82) is 0 Å². The third-order valence-corrected chi connectivity index (χ3v) is 6.75. The van der Waals surface area contributed by atoms with E-state index in [9.17, 15) is 4.79 Å². The molecule has 0 N–H and O–H groups in total. The fourth-order valence-corrected chi connectivity index (χ4v) is 4.74. The van der Waals surface area contributed by atoms with Gasteiger partial charge in [-0.05, 0) is 55.6 Å². The first-order valence-corrected chi connectivity index (χ1v) is 12.7. The van der Waals surface area contributed by atoms with Crippen molar-refractivity contribution in [3.8, 4) is 5.75 Å². The number of carbonyl (C=O) groups is 1. The summed E-state index contributed by atoms with van der Waals surface area (Å²) in [5.41, 5.74) is 3.77. The summed E-state index contributed by atoms with van der Waals surface area (Å²) in [6.45, 7) is 3.97. The average Bonchev–Trinajstić information content (AvgIpc) is 3.36. The Morgan fingerprint density at radius 1 is 1.08 bits per heavy atom. The predicted octanol–water partition coefficient (Wildman–Crippen LogP) is 4.34. The number of piperidine rings is 1. The van der Waals surface area contributed by atoms with E-state index in [2.05, 4.69) is 76.6 Å². The Morgan fingerprint density at radius 3 is 2.72 bits per heavy atom. The summed E-state index contributed by atoms with van der Waals surface area (Å²) in [4.78, 5) is 21.5. The Morgan fingerprint density at radius 2 is 1.92 bits per heavy atom. The average molecular weight is 484 g/mol. The van der Waals surface area contributed by atoms with Crippen LogP contribution in [0, 0.1) is 5.92 Å². The number of ether oxygens (including phenoxy) is 1. The highest BCUT2D eigenvalue weighted by atomic mass is 16.5. The van der Waals surface area contributed by atoms with Crippen LogP contribution >= 0.6 is 0 Å². The number of hydrogen-bond donors (Lipinski definition) is 0. The molecule has 0 unspecified atom stereocenters. The van der Waals surface area contributed by atoms with Gasteiger partial charge in [0.05, 0.1) is 6.61 Å². The molecule has 4 aromatic rings. The molecule has 7 heteroatoms. The highest BCUT2D eigenvalue weighted by Gasteiger charge is 2.26. The molecule has 3 heterocycles. The van der Waals surface area contributed by atoms with E-state index in [4.69, 9.17) is 4.74 Å². The second-order valence-corrected chi connectivity index (χ2v) is 9.64. The van der Waals surface area contributed by atoms with Gasteiger partial charge < -0.3 is 14.5 Å². The zero-order chi connectivity index (χ0) is 24.7. The fourth-order valence-electron chi connectivity index (χ4n) is 4.74. The highest BCUT2D eigenvalue weighted by Crippen LogP contribution is 2.21. The van der Waals surface area contributed by atoms with Gasteiger partial charge in [0.1, 0.15) is 5.75 Å². The maximum Gasteiger partial charge on any atom is 0.274 e. The largest absolute Gasteiger partial charge is 0.493 e. The number of likely N-dealkylation sites (N-methyl/N-ethyl adjacent to an activating group) is 1. The van der Waals surface area contributed by atoms with Crippen LogP contribution in [0.25, 0.3) is 5.65 Å². The lowest BCUT2D eigenvalue weighted by molar-refractivity contribution is 0.0627. The molecule has 7 nitrogen and oxygen atoms in total. The Balaban J connectivity index is 1.09. The highest BCUT2D eigenvalue weighted by molar-refractivity contribution is 5.93. The monoisotopic (exact) mass is 483 g/mol. The summed E-state index contributed by atoms with van der Waals surface area (Å²) in [6, 6.07) is 22.5. The number of amides is 1. The molecule has 1 amide bonds. The number of rotatable bonds is 9. The minimum absolute atomic E-state index is 0.0362. The van der Waals surface area contributed by atoms with E-state index < -0.39 is 0 Å². The molecule has 5 rings (SSSR count). The van der Waals surface area contributed by atoms with Crippen LogP contribution in [0.1, 0.15) is 34.5 Å². The molecular weight excluding hydrogens is 450 g/mol. The fraction of sp³-hybridized carbons (Fsp3) is 0.345. The molecule has 36 heavy (non-hydrogen) atoms. The minimum atomic E-state index is -0.0362. The predicted molar refractivity (Wildman–Crippen MR) is 140 cm³/mol. The topological polar surface area (TPSA) is 63.0 Å². The molecule has 0 aliphatic carbocycles. The van der Waals surface area contributed by atoms with Crippen LogP contribution in [0.3, 0.4) is 0 Å². The lowest BCUT2D eigenvalue weighted by Gasteiger charge is -2.32. The van der Waals surface area contributed by atoms with Crippen molar-refractivity contribution in [1.82, 2.24) is 24.4 Å². The first kappa shape index (κ1) is 24.0. The number of aromatic nitrogens is 3. The first-order chi connectivity index (χ1) is 17.6. The number of fused-ring (bicyclic) bond motifs is 1. The van der Waals surface area contributed by atoms with Gasteiger partial charge in [0.15, 0.2) is 11.3 Å². The molecule has 0 bridgehead atoms. The molecule has 186 valence electrons. The van der Waals surface area contributed by atoms with Crippen LogP contribution in [-0.2, 0) is 13.0 Å². The van der Waals surface area contributed by atoms with Gasteiger partial charge in [-0.1, -0.05) is 42.5 Å². The Kier molecular flexibility index (Phi) is 7.57. The lowest BCUT2D eigenvalue weighted by Crippen LogP contribution is -2.41. The van der Waals surface area contributed by atoms with Crippen molar-refractivity contribution in [3.05, 3.63) is 95.9 Å². The van der Waals surface area contributed by atoms with Gasteiger partial charge >= 0.3 is 0 Å². The number of nitrogens with zero attached hydrogens (tertiary/aromatic N) is 5. The van der Waals surface area contributed by atoms with Crippen molar-refractivity contribution in [2.75, 3.05) is 33.3 Å². The summed E-state index contributed by atoms with van der Waals surface area (Å²) in [5.74, 6) is 1.15. The van der Waals surface area contributed by atoms with E-state index in [0.717, 1.165) is 44.6 Å². The zero-order valence-electron chi connectivity index (χ0n) is 20.8. The van der Waals surface area contributed by atoms with E-state index in [1.54, 1.807) is 29.0 Å². The zero-order valence-corrected chi connectivity index (χ0v) is 20.8. The van der Waals surface area contributed by atoms with E-state index in [-0.39, 0.29) is 5.91 Å².